The van der Waals surface area contributed by atoms with Crippen molar-refractivity contribution in [2.45, 2.75) is 53.1 Å². The number of anilines is 1. The SMILES string of the molecule is CCCNC(=O)C(CC)N(Cc1ccc(F)cc1)C(=O)CN(c1cc(C)ccc1C)S(=O)(=O)N(C)C. The number of aryl methyl sites for hydroxylation is 2. The van der Waals surface area contributed by atoms with E-state index in [0.717, 1.165) is 20.6 Å². The summed E-state index contributed by atoms with van der Waals surface area (Å²) >= 11 is 0. The van der Waals surface area contributed by atoms with E-state index in [4.69, 9.17) is 0 Å². The quantitative estimate of drug-likeness (QED) is 0.465. The van der Waals surface area contributed by atoms with E-state index in [2.05, 4.69) is 5.32 Å². The van der Waals surface area contributed by atoms with Crippen LogP contribution in [0.25, 0.3) is 0 Å². The van der Waals surface area contributed by atoms with Crippen molar-refractivity contribution in [1.82, 2.24) is 14.5 Å². The van der Waals surface area contributed by atoms with Crippen LogP contribution in [0, 0.1) is 19.7 Å². The zero-order valence-corrected chi connectivity index (χ0v) is 22.7. The van der Waals surface area contributed by atoms with Gasteiger partial charge in [0.1, 0.15) is 18.4 Å². The van der Waals surface area contributed by atoms with Crippen LogP contribution in [0.3, 0.4) is 0 Å². The van der Waals surface area contributed by atoms with E-state index >= 15 is 0 Å². The van der Waals surface area contributed by atoms with E-state index in [1.54, 1.807) is 38.1 Å². The Balaban J connectivity index is 2.53. The van der Waals surface area contributed by atoms with Crippen molar-refractivity contribution in [2.24, 2.45) is 0 Å². The smallest absolute Gasteiger partial charge is 0.304 e. The van der Waals surface area contributed by atoms with Gasteiger partial charge in [0.15, 0.2) is 0 Å². The van der Waals surface area contributed by atoms with Gasteiger partial charge < -0.3 is 10.2 Å². The molecule has 0 spiro atoms. The molecule has 198 valence electrons. The van der Waals surface area contributed by atoms with Gasteiger partial charge >= 0.3 is 10.2 Å². The van der Waals surface area contributed by atoms with Gasteiger partial charge in [-0.25, -0.2) is 8.70 Å². The van der Waals surface area contributed by atoms with Crippen molar-refractivity contribution in [3.8, 4) is 0 Å². The van der Waals surface area contributed by atoms with Gasteiger partial charge in [0, 0.05) is 27.2 Å². The summed E-state index contributed by atoms with van der Waals surface area (Å²) in [5, 5.41) is 2.83. The number of halogens is 1. The molecule has 1 unspecified atom stereocenters. The van der Waals surface area contributed by atoms with Gasteiger partial charge in [-0.05, 0) is 61.6 Å². The van der Waals surface area contributed by atoms with Gasteiger partial charge in [0.05, 0.1) is 5.69 Å². The van der Waals surface area contributed by atoms with Crippen LogP contribution in [-0.4, -0.2) is 62.7 Å². The van der Waals surface area contributed by atoms with Gasteiger partial charge in [-0.2, -0.15) is 12.7 Å². The summed E-state index contributed by atoms with van der Waals surface area (Å²) in [6, 6.07) is 10.2. The van der Waals surface area contributed by atoms with Crippen molar-refractivity contribution in [1.29, 1.82) is 0 Å². The van der Waals surface area contributed by atoms with Crippen LogP contribution in [0.15, 0.2) is 42.5 Å². The molecule has 2 rings (SSSR count). The van der Waals surface area contributed by atoms with Crippen molar-refractivity contribution >= 4 is 27.7 Å². The van der Waals surface area contributed by atoms with Crippen LogP contribution in [0.1, 0.15) is 43.4 Å². The third-order valence-electron chi connectivity index (χ3n) is 5.85. The largest absolute Gasteiger partial charge is 0.354 e. The van der Waals surface area contributed by atoms with Crippen molar-refractivity contribution in [3.05, 3.63) is 65.0 Å². The van der Waals surface area contributed by atoms with E-state index in [1.807, 2.05) is 19.9 Å². The Morgan fingerprint density at radius 1 is 1.03 bits per heavy atom. The average molecular weight is 521 g/mol. The molecule has 1 atom stereocenters. The fourth-order valence-electron chi connectivity index (χ4n) is 3.76. The van der Waals surface area contributed by atoms with E-state index in [-0.39, 0.29) is 12.5 Å². The summed E-state index contributed by atoms with van der Waals surface area (Å²) in [6.07, 6.45) is 1.06. The second-order valence-electron chi connectivity index (χ2n) is 8.95. The summed E-state index contributed by atoms with van der Waals surface area (Å²) in [7, 11) is -1.23. The third kappa shape index (κ3) is 7.27. The number of nitrogens with one attached hydrogen (secondary N) is 1. The minimum absolute atomic E-state index is 0.0276. The molecule has 0 aliphatic rings. The molecule has 0 saturated heterocycles. The lowest BCUT2D eigenvalue weighted by Crippen LogP contribution is -2.53. The van der Waals surface area contributed by atoms with Crippen LogP contribution in [-0.2, 0) is 26.3 Å². The first kappa shape index (κ1) is 29.3. The summed E-state index contributed by atoms with van der Waals surface area (Å²) in [5.41, 5.74) is 2.55. The number of hydrogen-bond donors (Lipinski definition) is 1. The fourth-order valence-corrected chi connectivity index (χ4v) is 4.88. The first-order chi connectivity index (χ1) is 16.9. The molecule has 8 nitrogen and oxygen atoms in total. The summed E-state index contributed by atoms with van der Waals surface area (Å²) in [6.45, 7) is 7.33. The molecule has 36 heavy (non-hydrogen) atoms. The van der Waals surface area contributed by atoms with Gasteiger partial charge in [0.2, 0.25) is 11.8 Å². The number of amides is 2. The van der Waals surface area contributed by atoms with Crippen LogP contribution in [0.5, 0.6) is 0 Å². The van der Waals surface area contributed by atoms with E-state index in [1.165, 1.54) is 31.1 Å². The van der Waals surface area contributed by atoms with Gasteiger partial charge in [-0.1, -0.05) is 38.1 Å². The lowest BCUT2D eigenvalue weighted by atomic mass is 10.1. The molecule has 0 bridgehead atoms. The van der Waals surface area contributed by atoms with Gasteiger partial charge in [0.25, 0.3) is 0 Å². The Hall–Kier alpha value is -2.98. The zero-order valence-electron chi connectivity index (χ0n) is 21.9. The molecule has 0 heterocycles. The highest BCUT2D eigenvalue weighted by Gasteiger charge is 2.34. The molecule has 2 amide bonds. The molecule has 1 N–H and O–H groups in total. The Morgan fingerprint density at radius 3 is 2.22 bits per heavy atom. The van der Waals surface area contributed by atoms with Crippen molar-refractivity contribution in [2.75, 3.05) is 31.5 Å². The maximum Gasteiger partial charge on any atom is 0.304 e. The van der Waals surface area contributed by atoms with Crippen molar-refractivity contribution < 1.29 is 22.4 Å². The molecule has 0 aliphatic heterocycles. The highest BCUT2D eigenvalue weighted by Crippen LogP contribution is 2.26. The number of nitrogens with zero attached hydrogens (tertiary/aromatic N) is 3. The number of rotatable bonds is 12. The second-order valence-corrected chi connectivity index (χ2v) is 11.0. The average Bonchev–Trinajstić information content (AvgIpc) is 2.83. The Labute approximate surface area is 214 Å². The van der Waals surface area contributed by atoms with Crippen LogP contribution < -0.4 is 9.62 Å². The monoisotopic (exact) mass is 520 g/mol. The highest BCUT2D eigenvalue weighted by molar-refractivity contribution is 7.90. The number of hydrogen-bond acceptors (Lipinski definition) is 4. The summed E-state index contributed by atoms with van der Waals surface area (Å²) < 4.78 is 42.3. The summed E-state index contributed by atoms with van der Waals surface area (Å²) in [5.74, 6) is -1.27. The molecule has 0 aliphatic carbocycles. The molecule has 2 aromatic rings. The molecule has 0 aromatic heterocycles. The minimum Gasteiger partial charge on any atom is -0.354 e. The summed E-state index contributed by atoms with van der Waals surface area (Å²) in [4.78, 5) is 28.1. The standard InChI is InChI=1S/C26H37FN4O4S/c1-7-15-28-26(33)23(8-2)30(17-21-11-13-22(27)14-12-21)25(32)18-31(36(34,35)29(5)6)24-16-19(3)9-10-20(24)4/h9-14,16,23H,7-8,15,17-18H2,1-6H3,(H,28,33). The number of benzene rings is 2. The number of carbonyl (C=O) groups excluding carboxylic acids is 2. The topological polar surface area (TPSA) is 90.0 Å². The highest BCUT2D eigenvalue weighted by atomic mass is 32.2. The molecule has 10 heteroatoms. The maximum atomic E-state index is 13.8. The number of carbonyl (C=O) groups is 2. The molecule has 2 aromatic carbocycles. The second kappa shape index (κ2) is 12.8. The van der Waals surface area contributed by atoms with Gasteiger partial charge in [-0.3, -0.25) is 9.59 Å². The fraction of sp³-hybridized carbons (Fsp3) is 0.462. The molecule has 0 radical (unpaired) electrons. The molecule has 0 saturated carbocycles. The first-order valence-corrected chi connectivity index (χ1v) is 13.4. The maximum absolute atomic E-state index is 13.8. The first-order valence-electron chi connectivity index (χ1n) is 12.0. The van der Waals surface area contributed by atoms with Gasteiger partial charge in [-0.15, -0.1) is 0 Å². The predicted molar refractivity (Wildman–Crippen MR) is 140 cm³/mol. The van der Waals surface area contributed by atoms with E-state index in [0.29, 0.717) is 29.8 Å². The van der Waals surface area contributed by atoms with E-state index in [9.17, 15) is 22.4 Å². The van der Waals surface area contributed by atoms with E-state index < -0.39 is 34.5 Å². The minimum atomic E-state index is -4.04. The third-order valence-corrected chi connectivity index (χ3v) is 7.66. The molecule has 0 fully saturated rings. The van der Waals surface area contributed by atoms with Crippen molar-refractivity contribution in [3.63, 3.8) is 0 Å². The van der Waals surface area contributed by atoms with Crippen LogP contribution in [0.2, 0.25) is 0 Å². The molecular formula is C26H37FN4O4S. The predicted octanol–water partition coefficient (Wildman–Crippen LogP) is 3.39. The van der Waals surface area contributed by atoms with Crippen LogP contribution >= 0.6 is 0 Å². The lowest BCUT2D eigenvalue weighted by molar-refractivity contribution is -0.140. The Kier molecular flexibility index (Phi) is 10.4. The van der Waals surface area contributed by atoms with Crippen LogP contribution in [0.4, 0.5) is 10.1 Å². The lowest BCUT2D eigenvalue weighted by Gasteiger charge is -2.34. The Bertz CT molecular complexity index is 1150. The Morgan fingerprint density at radius 2 is 1.67 bits per heavy atom. The normalized spacial score (nSPS) is 12.3. The zero-order chi connectivity index (χ0) is 27.0. The molecular weight excluding hydrogens is 483 g/mol.